The number of benzene rings is 2. The van der Waals surface area contributed by atoms with Crippen LogP contribution in [0.2, 0.25) is 0 Å². The molecule has 194 valence electrons. The molecule has 8 nitrogen and oxygen atoms in total. The molecule has 2 aliphatic rings. The van der Waals surface area contributed by atoms with Crippen molar-refractivity contribution < 1.29 is 28.3 Å². The van der Waals surface area contributed by atoms with Crippen molar-refractivity contribution in [3.8, 4) is 5.88 Å². The molecule has 1 aliphatic carbocycles. The number of hydrogen-bond donors (Lipinski definition) is 2. The Balaban J connectivity index is 1.46. The van der Waals surface area contributed by atoms with Gasteiger partial charge in [0, 0.05) is 25.4 Å². The second-order valence-corrected chi connectivity index (χ2v) is 10.4. The van der Waals surface area contributed by atoms with E-state index in [-0.39, 0.29) is 35.2 Å². The molecule has 0 saturated heterocycles. The van der Waals surface area contributed by atoms with Crippen molar-refractivity contribution in [3.63, 3.8) is 0 Å². The second-order valence-electron chi connectivity index (χ2n) is 10.4. The van der Waals surface area contributed by atoms with Gasteiger partial charge in [0.1, 0.15) is 17.6 Å². The molecule has 0 spiro atoms. The Morgan fingerprint density at radius 1 is 1.22 bits per heavy atom. The third kappa shape index (κ3) is 4.83. The second kappa shape index (κ2) is 9.63. The zero-order valence-electron chi connectivity index (χ0n) is 21.1. The molecule has 0 radical (unpaired) electrons. The minimum absolute atomic E-state index is 0.156. The maximum atomic E-state index is 15.1. The Bertz CT molecular complexity index is 1370. The number of aromatic hydroxyl groups is 1. The Labute approximate surface area is 214 Å². The zero-order chi connectivity index (χ0) is 26.3. The number of hydrogen-bond acceptors (Lipinski definition) is 6. The van der Waals surface area contributed by atoms with Gasteiger partial charge < -0.3 is 24.6 Å². The van der Waals surface area contributed by atoms with Crippen LogP contribution in [-0.2, 0) is 45.6 Å². The van der Waals surface area contributed by atoms with Gasteiger partial charge in [0.05, 0.1) is 13.0 Å². The van der Waals surface area contributed by atoms with Gasteiger partial charge in [0.15, 0.2) is 0 Å². The van der Waals surface area contributed by atoms with Gasteiger partial charge in [-0.3, -0.25) is 9.59 Å². The number of nitrogens with one attached hydrogen (secondary N) is 1. The van der Waals surface area contributed by atoms with E-state index in [4.69, 9.17) is 9.26 Å². The van der Waals surface area contributed by atoms with Crippen LogP contribution in [0.4, 0.5) is 10.1 Å². The molecule has 5 rings (SSSR count). The number of anilines is 1. The van der Waals surface area contributed by atoms with E-state index in [9.17, 15) is 14.7 Å². The highest BCUT2D eigenvalue weighted by molar-refractivity contribution is 5.98. The van der Waals surface area contributed by atoms with Gasteiger partial charge in [0.25, 0.3) is 11.8 Å². The van der Waals surface area contributed by atoms with Crippen molar-refractivity contribution in [1.82, 2.24) is 10.1 Å². The van der Waals surface area contributed by atoms with Crippen molar-refractivity contribution in [2.45, 2.75) is 57.6 Å². The number of carbonyl (C=O) groups is 2. The molecule has 1 unspecified atom stereocenters. The first-order valence-electron chi connectivity index (χ1n) is 12.3. The van der Waals surface area contributed by atoms with Gasteiger partial charge in [-0.15, -0.1) is 0 Å². The predicted octanol–water partition coefficient (Wildman–Crippen LogP) is 4.20. The maximum absolute atomic E-state index is 15.1. The van der Waals surface area contributed by atoms with E-state index in [1.54, 1.807) is 7.11 Å². The minimum Gasteiger partial charge on any atom is -0.491 e. The van der Waals surface area contributed by atoms with E-state index in [1.165, 1.54) is 17.0 Å². The fourth-order valence-electron chi connectivity index (χ4n) is 5.60. The van der Waals surface area contributed by atoms with Gasteiger partial charge in [-0.25, -0.2) is 4.39 Å². The molecule has 3 aromatic rings. The van der Waals surface area contributed by atoms with Crippen LogP contribution in [0, 0.1) is 5.82 Å². The number of aromatic nitrogens is 1. The minimum atomic E-state index is -0.919. The van der Waals surface area contributed by atoms with Gasteiger partial charge in [0.2, 0.25) is 5.91 Å². The zero-order valence-corrected chi connectivity index (χ0v) is 21.1. The molecule has 0 bridgehead atoms. The summed E-state index contributed by atoms with van der Waals surface area (Å²) in [6.45, 7) is 4.79. The van der Waals surface area contributed by atoms with Crippen molar-refractivity contribution in [2.75, 3.05) is 19.0 Å². The lowest BCUT2D eigenvalue weighted by Gasteiger charge is -2.36. The summed E-state index contributed by atoms with van der Waals surface area (Å²) in [5.74, 6) is -1.21. The SMILES string of the molecule is COCc1ccc2c(c1)CCN(C(=O)Cc1cc(O)no1)C2C(=O)Nc1cc(F)c2c(c1)CCC2(C)C. The molecule has 9 heteroatoms. The fraction of sp³-hybridized carbons (Fsp3) is 0.393. The number of methoxy groups -OCH3 is 1. The van der Waals surface area contributed by atoms with Gasteiger partial charge in [-0.2, -0.15) is 0 Å². The van der Waals surface area contributed by atoms with Crippen LogP contribution in [0.3, 0.4) is 0 Å². The van der Waals surface area contributed by atoms with Crippen LogP contribution in [0.15, 0.2) is 40.9 Å². The Morgan fingerprint density at radius 3 is 2.76 bits per heavy atom. The summed E-state index contributed by atoms with van der Waals surface area (Å²) in [4.78, 5) is 28.5. The summed E-state index contributed by atoms with van der Waals surface area (Å²) in [5, 5.41) is 15.8. The number of aryl methyl sites for hydroxylation is 1. The standard InChI is InChI=1S/C28H30FN3O5/c1-28(2)8-6-18-11-19(12-22(29)25(18)28)30-27(35)26-21-5-4-16(15-36-3)10-17(21)7-9-32(26)24(34)14-20-13-23(33)31-37-20/h4-5,10-13,26H,6-9,14-15H2,1-3H3,(H,30,35)(H,31,33). The van der Waals surface area contributed by atoms with Crippen LogP contribution < -0.4 is 5.32 Å². The predicted molar refractivity (Wildman–Crippen MR) is 134 cm³/mol. The lowest BCUT2D eigenvalue weighted by molar-refractivity contribution is -0.139. The summed E-state index contributed by atoms with van der Waals surface area (Å²) in [6.07, 6.45) is 1.99. The molecule has 1 atom stereocenters. The first kappa shape index (κ1) is 25.0. The molecule has 2 amide bonds. The third-order valence-corrected chi connectivity index (χ3v) is 7.32. The highest BCUT2D eigenvalue weighted by atomic mass is 19.1. The van der Waals surface area contributed by atoms with E-state index in [2.05, 4.69) is 10.5 Å². The molecule has 1 aromatic heterocycles. The quantitative estimate of drug-likeness (QED) is 0.518. The van der Waals surface area contributed by atoms with E-state index in [0.29, 0.717) is 36.4 Å². The first-order chi connectivity index (χ1) is 17.7. The Kier molecular flexibility index (Phi) is 6.49. The molecule has 2 N–H and O–H groups in total. The molecule has 1 aliphatic heterocycles. The van der Waals surface area contributed by atoms with Crippen molar-refractivity contribution in [1.29, 1.82) is 0 Å². The van der Waals surface area contributed by atoms with Gasteiger partial charge >= 0.3 is 0 Å². The number of rotatable bonds is 6. The van der Waals surface area contributed by atoms with Crippen molar-refractivity contribution >= 4 is 17.5 Å². The van der Waals surface area contributed by atoms with E-state index in [1.807, 2.05) is 38.1 Å². The maximum Gasteiger partial charge on any atom is 0.251 e. The highest BCUT2D eigenvalue weighted by Gasteiger charge is 2.37. The summed E-state index contributed by atoms with van der Waals surface area (Å²) in [5.41, 5.74) is 4.36. The van der Waals surface area contributed by atoms with Crippen LogP contribution in [0.1, 0.15) is 59.9 Å². The molecule has 0 saturated carbocycles. The molecular weight excluding hydrogens is 477 g/mol. The lowest BCUT2D eigenvalue weighted by atomic mass is 9.86. The summed E-state index contributed by atoms with van der Waals surface area (Å²) >= 11 is 0. The summed E-state index contributed by atoms with van der Waals surface area (Å²) < 4.78 is 25.3. The molecule has 37 heavy (non-hydrogen) atoms. The lowest BCUT2D eigenvalue weighted by Crippen LogP contribution is -2.46. The highest BCUT2D eigenvalue weighted by Crippen LogP contribution is 2.41. The number of ether oxygens (including phenoxy) is 1. The number of amides is 2. The number of fused-ring (bicyclic) bond motifs is 2. The normalized spacial score (nSPS) is 17.8. The number of halogens is 1. The van der Waals surface area contributed by atoms with Gasteiger partial charge in [-0.1, -0.05) is 32.0 Å². The van der Waals surface area contributed by atoms with E-state index >= 15 is 4.39 Å². The average Bonchev–Trinajstić information content (AvgIpc) is 3.39. The third-order valence-electron chi connectivity index (χ3n) is 7.32. The van der Waals surface area contributed by atoms with Crippen LogP contribution >= 0.6 is 0 Å². The first-order valence-corrected chi connectivity index (χ1v) is 12.3. The summed E-state index contributed by atoms with van der Waals surface area (Å²) in [7, 11) is 1.62. The average molecular weight is 508 g/mol. The van der Waals surface area contributed by atoms with Crippen molar-refractivity contribution in [2.24, 2.45) is 0 Å². The molecule has 0 fully saturated rings. The fourth-order valence-corrected chi connectivity index (χ4v) is 5.60. The number of carbonyl (C=O) groups excluding carboxylic acids is 2. The Morgan fingerprint density at radius 2 is 2.03 bits per heavy atom. The van der Waals surface area contributed by atoms with E-state index < -0.39 is 11.9 Å². The van der Waals surface area contributed by atoms with E-state index in [0.717, 1.165) is 29.5 Å². The Hall–Kier alpha value is -3.72. The van der Waals surface area contributed by atoms with Crippen LogP contribution in [0.5, 0.6) is 5.88 Å². The molecular formula is C28H30FN3O5. The topological polar surface area (TPSA) is 105 Å². The largest absolute Gasteiger partial charge is 0.491 e. The van der Waals surface area contributed by atoms with Gasteiger partial charge in [-0.05, 0) is 69.8 Å². The number of nitrogens with zero attached hydrogens (tertiary/aromatic N) is 2. The van der Waals surface area contributed by atoms with Crippen LogP contribution in [0.25, 0.3) is 0 Å². The molecule has 2 heterocycles. The monoisotopic (exact) mass is 507 g/mol. The van der Waals surface area contributed by atoms with Crippen molar-refractivity contribution in [3.05, 3.63) is 75.8 Å². The summed E-state index contributed by atoms with van der Waals surface area (Å²) in [6, 6.07) is 9.26. The smallest absolute Gasteiger partial charge is 0.251 e. The van der Waals surface area contributed by atoms with Crippen LogP contribution in [-0.4, -0.2) is 40.6 Å². The molecule has 2 aromatic carbocycles.